The Morgan fingerprint density at radius 1 is 1.10 bits per heavy atom. The molecule has 0 bridgehead atoms. The van der Waals surface area contributed by atoms with Gasteiger partial charge in [-0.1, -0.05) is 0 Å². The van der Waals surface area contributed by atoms with Crippen molar-refractivity contribution in [2.24, 2.45) is 0 Å². The highest BCUT2D eigenvalue weighted by Crippen LogP contribution is 2.12. The zero-order valence-electron chi connectivity index (χ0n) is 11.3. The minimum atomic E-state index is -0.915. The fourth-order valence-corrected chi connectivity index (χ4v) is 1.72. The molecule has 0 aliphatic carbocycles. The van der Waals surface area contributed by atoms with Crippen LogP contribution in [0.1, 0.15) is 12.0 Å². The van der Waals surface area contributed by atoms with Crippen molar-refractivity contribution in [3.63, 3.8) is 0 Å². The standard InChI is InChI=1S/C15H15F2N3O/c16-13-2-1-12(9-14(13)17)19-8-5-15(21)20-10-11-3-6-18-7-4-11/h1-4,6-7,9,19H,5,8,10H2,(H,20,21). The first-order valence-corrected chi connectivity index (χ1v) is 6.49. The number of hydrogen-bond acceptors (Lipinski definition) is 3. The summed E-state index contributed by atoms with van der Waals surface area (Å²) in [5.74, 6) is -1.93. The van der Waals surface area contributed by atoms with Crippen LogP contribution in [0.4, 0.5) is 14.5 Å². The second-order valence-corrected chi connectivity index (χ2v) is 4.44. The predicted molar refractivity (Wildman–Crippen MR) is 75.5 cm³/mol. The maximum absolute atomic E-state index is 13.0. The van der Waals surface area contributed by atoms with Gasteiger partial charge in [0.05, 0.1) is 0 Å². The highest BCUT2D eigenvalue weighted by molar-refractivity contribution is 5.76. The molecule has 0 saturated heterocycles. The smallest absolute Gasteiger partial charge is 0.222 e. The van der Waals surface area contributed by atoms with Crippen LogP contribution in [0.5, 0.6) is 0 Å². The molecule has 0 aliphatic heterocycles. The summed E-state index contributed by atoms with van der Waals surface area (Å²) in [6.07, 6.45) is 3.56. The number of anilines is 1. The van der Waals surface area contributed by atoms with E-state index in [0.717, 1.165) is 17.7 Å². The van der Waals surface area contributed by atoms with Crippen molar-refractivity contribution in [2.45, 2.75) is 13.0 Å². The van der Waals surface area contributed by atoms with Gasteiger partial charge >= 0.3 is 0 Å². The van der Waals surface area contributed by atoms with Gasteiger partial charge in [-0.05, 0) is 35.9 Å². The van der Waals surface area contributed by atoms with Crippen molar-refractivity contribution in [1.82, 2.24) is 10.3 Å². The van der Waals surface area contributed by atoms with Gasteiger partial charge in [0.2, 0.25) is 5.91 Å². The van der Waals surface area contributed by atoms with Gasteiger partial charge < -0.3 is 10.6 Å². The Labute approximate surface area is 121 Å². The predicted octanol–water partition coefficient (Wildman–Crippen LogP) is 2.48. The first kappa shape index (κ1) is 14.9. The Kier molecular flexibility index (Phi) is 5.20. The summed E-state index contributed by atoms with van der Waals surface area (Å²) in [7, 11) is 0. The molecule has 4 nitrogen and oxygen atoms in total. The van der Waals surface area contributed by atoms with E-state index >= 15 is 0 Å². The molecule has 1 aromatic carbocycles. The number of rotatable bonds is 6. The number of nitrogens with one attached hydrogen (secondary N) is 2. The Morgan fingerprint density at radius 2 is 1.86 bits per heavy atom. The van der Waals surface area contributed by atoms with E-state index in [9.17, 15) is 13.6 Å². The lowest BCUT2D eigenvalue weighted by Crippen LogP contribution is -2.24. The van der Waals surface area contributed by atoms with Gasteiger partial charge in [0.1, 0.15) is 0 Å². The van der Waals surface area contributed by atoms with Crippen molar-refractivity contribution in [2.75, 3.05) is 11.9 Å². The van der Waals surface area contributed by atoms with Crippen molar-refractivity contribution >= 4 is 11.6 Å². The summed E-state index contributed by atoms with van der Waals surface area (Å²) in [5.41, 5.74) is 1.41. The molecule has 2 aromatic rings. The van der Waals surface area contributed by atoms with Crippen LogP contribution in [0.3, 0.4) is 0 Å². The molecule has 21 heavy (non-hydrogen) atoms. The van der Waals surface area contributed by atoms with E-state index < -0.39 is 11.6 Å². The molecule has 0 radical (unpaired) electrons. The van der Waals surface area contributed by atoms with Crippen LogP contribution in [0, 0.1) is 11.6 Å². The molecule has 2 rings (SSSR count). The number of carbonyl (C=O) groups excluding carboxylic acids is 1. The van der Waals surface area contributed by atoms with E-state index in [1.807, 2.05) is 12.1 Å². The molecule has 6 heteroatoms. The van der Waals surface area contributed by atoms with Crippen LogP contribution in [-0.2, 0) is 11.3 Å². The summed E-state index contributed by atoms with van der Waals surface area (Å²) in [6.45, 7) is 0.778. The highest BCUT2D eigenvalue weighted by atomic mass is 19.2. The highest BCUT2D eigenvalue weighted by Gasteiger charge is 2.04. The quantitative estimate of drug-likeness (QED) is 0.859. The SMILES string of the molecule is O=C(CCNc1ccc(F)c(F)c1)NCc1ccncc1. The number of carbonyl (C=O) groups is 1. The van der Waals surface area contributed by atoms with Crippen molar-refractivity contribution < 1.29 is 13.6 Å². The molecular formula is C15H15F2N3O. The molecule has 1 amide bonds. The topological polar surface area (TPSA) is 54.0 Å². The van der Waals surface area contributed by atoms with E-state index in [4.69, 9.17) is 0 Å². The number of aromatic nitrogens is 1. The fourth-order valence-electron chi connectivity index (χ4n) is 1.72. The molecule has 0 unspecified atom stereocenters. The third-order valence-corrected chi connectivity index (χ3v) is 2.84. The monoisotopic (exact) mass is 291 g/mol. The van der Waals surface area contributed by atoms with E-state index in [0.29, 0.717) is 18.8 Å². The van der Waals surface area contributed by atoms with Gasteiger partial charge in [0.15, 0.2) is 11.6 Å². The summed E-state index contributed by atoms with van der Waals surface area (Å²) < 4.78 is 25.7. The van der Waals surface area contributed by atoms with Crippen molar-refractivity contribution in [3.8, 4) is 0 Å². The lowest BCUT2D eigenvalue weighted by atomic mass is 10.2. The number of halogens is 2. The summed E-state index contributed by atoms with van der Waals surface area (Å²) in [6, 6.07) is 7.16. The zero-order valence-corrected chi connectivity index (χ0v) is 11.3. The zero-order chi connectivity index (χ0) is 15.1. The maximum atomic E-state index is 13.0. The Hall–Kier alpha value is -2.50. The van der Waals surface area contributed by atoms with Crippen LogP contribution >= 0.6 is 0 Å². The molecule has 0 saturated carbocycles. The third-order valence-electron chi connectivity index (χ3n) is 2.84. The molecule has 1 aromatic heterocycles. The number of hydrogen-bond donors (Lipinski definition) is 2. The number of amides is 1. The number of benzene rings is 1. The first-order chi connectivity index (χ1) is 10.1. The van der Waals surface area contributed by atoms with E-state index in [1.165, 1.54) is 6.07 Å². The molecule has 110 valence electrons. The maximum Gasteiger partial charge on any atom is 0.222 e. The second-order valence-electron chi connectivity index (χ2n) is 4.44. The van der Waals surface area contributed by atoms with Crippen LogP contribution in [0.25, 0.3) is 0 Å². The molecular weight excluding hydrogens is 276 g/mol. The summed E-state index contributed by atoms with van der Waals surface area (Å²) in [5, 5.41) is 5.63. The average Bonchev–Trinajstić information content (AvgIpc) is 2.50. The lowest BCUT2D eigenvalue weighted by Gasteiger charge is -2.08. The normalized spacial score (nSPS) is 10.2. The van der Waals surface area contributed by atoms with Gasteiger partial charge in [-0.2, -0.15) is 0 Å². The van der Waals surface area contributed by atoms with E-state index in [2.05, 4.69) is 15.6 Å². The van der Waals surface area contributed by atoms with Crippen molar-refractivity contribution in [1.29, 1.82) is 0 Å². The molecule has 0 fully saturated rings. The minimum Gasteiger partial charge on any atom is -0.384 e. The van der Waals surface area contributed by atoms with Gasteiger partial charge in [0, 0.05) is 37.6 Å². The summed E-state index contributed by atoms with van der Waals surface area (Å²) in [4.78, 5) is 15.5. The van der Waals surface area contributed by atoms with Crippen LogP contribution < -0.4 is 10.6 Å². The molecule has 0 atom stereocenters. The van der Waals surface area contributed by atoms with Crippen molar-refractivity contribution in [3.05, 3.63) is 59.9 Å². The molecule has 1 heterocycles. The molecule has 2 N–H and O–H groups in total. The Bertz CT molecular complexity index is 605. The molecule has 0 spiro atoms. The first-order valence-electron chi connectivity index (χ1n) is 6.49. The number of nitrogens with zero attached hydrogens (tertiary/aromatic N) is 1. The molecule has 0 aliphatic rings. The van der Waals surface area contributed by atoms with Gasteiger partial charge in [-0.3, -0.25) is 9.78 Å². The largest absolute Gasteiger partial charge is 0.384 e. The van der Waals surface area contributed by atoms with Gasteiger partial charge in [-0.25, -0.2) is 8.78 Å². The van der Waals surface area contributed by atoms with E-state index in [1.54, 1.807) is 12.4 Å². The van der Waals surface area contributed by atoms with Gasteiger partial charge in [0.25, 0.3) is 0 Å². The Balaban J connectivity index is 1.70. The number of pyridine rings is 1. The van der Waals surface area contributed by atoms with Gasteiger partial charge in [-0.15, -0.1) is 0 Å². The average molecular weight is 291 g/mol. The van der Waals surface area contributed by atoms with Crippen LogP contribution in [0.15, 0.2) is 42.7 Å². The second kappa shape index (κ2) is 7.33. The van der Waals surface area contributed by atoms with Crippen LogP contribution in [0.2, 0.25) is 0 Å². The fraction of sp³-hybridized carbons (Fsp3) is 0.200. The minimum absolute atomic E-state index is 0.123. The lowest BCUT2D eigenvalue weighted by molar-refractivity contribution is -0.121. The van der Waals surface area contributed by atoms with Crippen LogP contribution in [-0.4, -0.2) is 17.4 Å². The Morgan fingerprint density at radius 3 is 2.57 bits per heavy atom. The van der Waals surface area contributed by atoms with E-state index in [-0.39, 0.29) is 12.3 Å². The third kappa shape index (κ3) is 4.83. The summed E-state index contributed by atoms with van der Waals surface area (Å²) >= 11 is 0.